The molecule has 0 aromatic heterocycles. The van der Waals surface area contributed by atoms with Crippen molar-refractivity contribution in [2.45, 2.75) is 32.4 Å². The van der Waals surface area contributed by atoms with Gasteiger partial charge in [-0.05, 0) is 49.6 Å². The predicted molar refractivity (Wildman–Crippen MR) is 86.2 cm³/mol. The summed E-state index contributed by atoms with van der Waals surface area (Å²) < 4.78 is 1.00. The average molecular weight is 332 g/mol. The van der Waals surface area contributed by atoms with E-state index in [2.05, 4.69) is 52.0 Å². The maximum atomic E-state index is 10.1. The lowest BCUT2D eigenvalue weighted by Gasteiger charge is -2.37. The summed E-state index contributed by atoms with van der Waals surface area (Å²) in [7, 11) is 0. The number of benzene rings is 2. The van der Waals surface area contributed by atoms with Gasteiger partial charge in [-0.2, -0.15) is 0 Å². The van der Waals surface area contributed by atoms with Crippen LogP contribution < -0.4 is 4.90 Å². The molecule has 3 rings (SSSR count). The molecule has 0 saturated heterocycles. The van der Waals surface area contributed by atoms with Crippen LogP contribution in [0.15, 0.2) is 46.9 Å². The number of rotatable bonds is 2. The Kier molecular flexibility index (Phi) is 3.70. The number of aromatic hydroxyl groups is 1. The molecule has 0 spiro atoms. The van der Waals surface area contributed by atoms with E-state index in [4.69, 9.17) is 0 Å². The number of anilines is 1. The molecule has 2 aromatic carbocycles. The fourth-order valence-electron chi connectivity index (χ4n) is 2.87. The van der Waals surface area contributed by atoms with Crippen LogP contribution in [-0.4, -0.2) is 11.1 Å². The van der Waals surface area contributed by atoms with Crippen LogP contribution in [0.2, 0.25) is 0 Å². The first-order valence-electron chi connectivity index (χ1n) is 6.97. The summed E-state index contributed by atoms with van der Waals surface area (Å²) in [4.78, 5) is 2.39. The van der Waals surface area contributed by atoms with Gasteiger partial charge in [0, 0.05) is 28.3 Å². The highest BCUT2D eigenvalue weighted by atomic mass is 79.9. The molecule has 1 unspecified atom stereocenters. The zero-order valence-corrected chi connectivity index (χ0v) is 13.1. The summed E-state index contributed by atoms with van der Waals surface area (Å²) in [6, 6.07) is 14.7. The molecule has 1 aliphatic rings. The molecular weight excluding hydrogens is 314 g/mol. The van der Waals surface area contributed by atoms with Gasteiger partial charge in [0.2, 0.25) is 0 Å². The van der Waals surface area contributed by atoms with Crippen LogP contribution in [0.3, 0.4) is 0 Å². The van der Waals surface area contributed by atoms with E-state index < -0.39 is 0 Å². The van der Waals surface area contributed by atoms with Crippen LogP contribution >= 0.6 is 15.9 Å². The monoisotopic (exact) mass is 331 g/mol. The van der Waals surface area contributed by atoms with Crippen molar-refractivity contribution in [3.63, 3.8) is 0 Å². The van der Waals surface area contributed by atoms with Crippen LogP contribution in [0.1, 0.15) is 24.5 Å². The quantitative estimate of drug-likeness (QED) is 0.875. The number of fused-ring (bicyclic) bond motifs is 1. The molecule has 0 amide bonds. The molecule has 1 heterocycles. The Bertz CT molecular complexity index is 626. The molecule has 2 nitrogen and oxygen atoms in total. The van der Waals surface area contributed by atoms with Gasteiger partial charge in [-0.15, -0.1) is 0 Å². The lowest BCUT2D eigenvalue weighted by atomic mass is 9.96. The first-order valence-corrected chi connectivity index (χ1v) is 7.76. The van der Waals surface area contributed by atoms with Gasteiger partial charge in [0.05, 0.1) is 0 Å². The van der Waals surface area contributed by atoms with E-state index in [-0.39, 0.29) is 0 Å². The average Bonchev–Trinajstić information content (AvgIpc) is 2.46. The van der Waals surface area contributed by atoms with Crippen molar-refractivity contribution >= 4 is 21.6 Å². The Morgan fingerprint density at radius 2 is 2.05 bits per heavy atom. The van der Waals surface area contributed by atoms with Gasteiger partial charge in [-0.1, -0.05) is 34.1 Å². The number of phenols is 1. The standard InChI is InChI=1S/C17H18BrNO/c1-12-6-7-13-4-2-3-5-16(13)19(12)11-14-10-15(18)8-9-17(14)20/h2-5,8-10,12,20H,6-7,11H2,1H3. The van der Waals surface area contributed by atoms with Gasteiger partial charge in [-0.25, -0.2) is 0 Å². The van der Waals surface area contributed by atoms with Crippen LogP contribution in [-0.2, 0) is 13.0 Å². The molecule has 1 aliphatic heterocycles. The largest absolute Gasteiger partial charge is 0.508 e. The second kappa shape index (κ2) is 5.49. The van der Waals surface area contributed by atoms with Crippen LogP contribution in [0, 0.1) is 0 Å². The Hall–Kier alpha value is -1.48. The van der Waals surface area contributed by atoms with Crippen LogP contribution in [0.5, 0.6) is 5.75 Å². The van der Waals surface area contributed by atoms with Gasteiger partial charge >= 0.3 is 0 Å². The van der Waals surface area contributed by atoms with Crippen LogP contribution in [0.4, 0.5) is 5.69 Å². The van der Waals surface area contributed by atoms with Crippen molar-refractivity contribution in [2.24, 2.45) is 0 Å². The molecule has 3 heteroatoms. The Morgan fingerprint density at radius 1 is 1.25 bits per heavy atom. The smallest absolute Gasteiger partial charge is 0.120 e. The highest BCUT2D eigenvalue weighted by Gasteiger charge is 2.23. The van der Waals surface area contributed by atoms with Crippen LogP contribution in [0.25, 0.3) is 0 Å². The number of aryl methyl sites for hydroxylation is 1. The molecule has 20 heavy (non-hydrogen) atoms. The summed E-state index contributed by atoms with van der Waals surface area (Å²) >= 11 is 3.48. The zero-order valence-electron chi connectivity index (χ0n) is 11.5. The molecule has 1 N–H and O–H groups in total. The molecule has 0 bridgehead atoms. The van der Waals surface area contributed by atoms with Crippen molar-refractivity contribution in [2.75, 3.05) is 4.90 Å². The van der Waals surface area contributed by atoms with Gasteiger partial charge < -0.3 is 10.0 Å². The maximum absolute atomic E-state index is 10.1. The first-order chi connectivity index (χ1) is 9.65. The third kappa shape index (κ3) is 2.55. The van der Waals surface area contributed by atoms with Gasteiger partial charge in [0.25, 0.3) is 0 Å². The minimum absolute atomic E-state index is 0.364. The lowest BCUT2D eigenvalue weighted by Crippen LogP contribution is -2.36. The van der Waals surface area contributed by atoms with E-state index >= 15 is 0 Å². The SMILES string of the molecule is CC1CCc2ccccc2N1Cc1cc(Br)ccc1O. The number of phenolic OH excluding ortho intramolecular Hbond substituents is 1. The van der Waals surface area contributed by atoms with Crippen molar-refractivity contribution in [3.05, 3.63) is 58.1 Å². The number of hydrogen-bond donors (Lipinski definition) is 1. The summed E-state index contributed by atoms with van der Waals surface area (Å²) in [6.45, 7) is 2.99. The zero-order chi connectivity index (χ0) is 14.1. The second-order valence-corrected chi connectivity index (χ2v) is 6.33. The van der Waals surface area contributed by atoms with E-state index in [0.29, 0.717) is 11.8 Å². The molecule has 0 aliphatic carbocycles. The second-order valence-electron chi connectivity index (χ2n) is 5.42. The number of hydrogen-bond acceptors (Lipinski definition) is 2. The highest BCUT2D eigenvalue weighted by molar-refractivity contribution is 9.10. The van der Waals surface area contributed by atoms with Crippen molar-refractivity contribution < 1.29 is 5.11 Å². The summed E-state index contributed by atoms with van der Waals surface area (Å²) in [6.07, 6.45) is 2.30. The molecule has 0 radical (unpaired) electrons. The molecular formula is C17H18BrNO. The third-order valence-corrected chi connectivity index (χ3v) is 4.54. The van der Waals surface area contributed by atoms with Crippen molar-refractivity contribution in [3.8, 4) is 5.75 Å². The lowest BCUT2D eigenvalue weighted by molar-refractivity contribution is 0.463. The minimum atomic E-state index is 0.364. The van der Waals surface area contributed by atoms with E-state index in [1.165, 1.54) is 11.3 Å². The molecule has 0 fully saturated rings. The third-order valence-electron chi connectivity index (χ3n) is 4.05. The van der Waals surface area contributed by atoms with Gasteiger partial charge in [0.15, 0.2) is 0 Å². The number of halogens is 1. The summed E-state index contributed by atoms with van der Waals surface area (Å²) in [5.41, 5.74) is 3.66. The van der Waals surface area contributed by atoms with E-state index in [0.717, 1.165) is 29.4 Å². The molecule has 2 aromatic rings. The fraction of sp³-hybridized carbons (Fsp3) is 0.294. The van der Waals surface area contributed by atoms with E-state index in [9.17, 15) is 5.11 Å². The molecule has 0 saturated carbocycles. The van der Waals surface area contributed by atoms with Crippen molar-refractivity contribution in [1.29, 1.82) is 0 Å². The summed E-state index contributed by atoms with van der Waals surface area (Å²) in [5, 5.41) is 10.1. The van der Waals surface area contributed by atoms with E-state index in [1.54, 1.807) is 6.07 Å². The Morgan fingerprint density at radius 3 is 2.90 bits per heavy atom. The molecule has 104 valence electrons. The number of nitrogens with zero attached hydrogens (tertiary/aromatic N) is 1. The highest BCUT2D eigenvalue weighted by Crippen LogP contribution is 2.33. The van der Waals surface area contributed by atoms with Gasteiger partial charge in [-0.3, -0.25) is 0 Å². The predicted octanol–water partition coefficient (Wildman–Crippen LogP) is 4.50. The fourth-order valence-corrected chi connectivity index (χ4v) is 3.27. The molecule has 1 atom stereocenters. The minimum Gasteiger partial charge on any atom is -0.508 e. The number of para-hydroxylation sites is 1. The topological polar surface area (TPSA) is 23.5 Å². The maximum Gasteiger partial charge on any atom is 0.120 e. The van der Waals surface area contributed by atoms with E-state index in [1.807, 2.05) is 12.1 Å². The summed E-state index contributed by atoms with van der Waals surface area (Å²) in [5.74, 6) is 0.364. The Labute approximate surface area is 128 Å². The van der Waals surface area contributed by atoms with Gasteiger partial charge in [0.1, 0.15) is 5.75 Å². The first kappa shape index (κ1) is 13.5. The van der Waals surface area contributed by atoms with Crippen molar-refractivity contribution in [1.82, 2.24) is 0 Å². The Balaban J connectivity index is 1.95. The normalized spacial score (nSPS) is 17.9.